The maximum Gasteiger partial charge on any atom is 0.105 e. The smallest absolute Gasteiger partial charge is 0.105 e. The van der Waals surface area contributed by atoms with E-state index in [1.54, 1.807) is 7.11 Å². The highest BCUT2D eigenvalue weighted by Gasteiger charge is 2.11. The second-order valence-corrected chi connectivity index (χ2v) is 3.82. The van der Waals surface area contributed by atoms with E-state index in [0.717, 1.165) is 15.6 Å². The third-order valence-electron chi connectivity index (χ3n) is 2.03. The third kappa shape index (κ3) is 2.53. The van der Waals surface area contributed by atoms with E-state index in [9.17, 15) is 0 Å². The van der Waals surface area contributed by atoms with Gasteiger partial charge in [0, 0.05) is 11.6 Å². The van der Waals surface area contributed by atoms with Crippen molar-refractivity contribution in [2.24, 2.45) is 0 Å². The molecular formula is C10H13BrO2. The highest BCUT2D eigenvalue weighted by Crippen LogP contribution is 2.23. The monoisotopic (exact) mass is 244 g/mol. The Morgan fingerprint density at radius 2 is 2.23 bits per heavy atom. The fourth-order valence-corrected chi connectivity index (χ4v) is 1.78. The van der Waals surface area contributed by atoms with Gasteiger partial charge in [-0.15, -0.1) is 0 Å². The van der Waals surface area contributed by atoms with E-state index in [4.69, 9.17) is 9.84 Å². The maximum atomic E-state index is 9.04. The lowest BCUT2D eigenvalue weighted by molar-refractivity contribution is 0.0480. The molecule has 0 bridgehead atoms. The van der Waals surface area contributed by atoms with Crippen molar-refractivity contribution >= 4 is 15.9 Å². The van der Waals surface area contributed by atoms with Crippen molar-refractivity contribution in [3.63, 3.8) is 0 Å². The average molecular weight is 245 g/mol. The van der Waals surface area contributed by atoms with Gasteiger partial charge in [0.15, 0.2) is 0 Å². The summed E-state index contributed by atoms with van der Waals surface area (Å²) in [5.41, 5.74) is 2.16. The molecule has 1 aromatic rings. The predicted octanol–water partition coefficient (Wildman–Crippen LogP) is 2.44. The van der Waals surface area contributed by atoms with Crippen LogP contribution in [-0.4, -0.2) is 18.8 Å². The topological polar surface area (TPSA) is 29.5 Å². The summed E-state index contributed by atoms with van der Waals surface area (Å²) in [7, 11) is 1.60. The molecule has 0 fully saturated rings. The van der Waals surface area contributed by atoms with Crippen LogP contribution in [0.15, 0.2) is 22.7 Å². The Labute approximate surface area is 86.7 Å². The number of benzene rings is 1. The molecule has 0 saturated heterocycles. The fraction of sp³-hybridized carbons (Fsp3) is 0.400. The molecule has 0 aliphatic rings. The van der Waals surface area contributed by atoms with Gasteiger partial charge in [-0.25, -0.2) is 0 Å². The number of aryl methyl sites for hydroxylation is 1. The summed E-state index contributed by atoms with van der Waals surface area (Å²) in [5.74, 6) is 0. The molecule has 1 atom stereocenters. The molecule has 0 radical (unpaired) electrons. The van der Waals surface area contributed by atoms with Crippen LogP contribution >= 0.6 is 15.9 Å². The number of hydrogen-bond acceptors (Lipinski definition) is 2. The molecule has 0 aliphatic carbocycles. The number of hydrogen-bond donors (Lipinski definition) is 1. The van der Waals surface area contributed by atoms with Crippen LogP contribution in [0, 0.1) is 6.92 Å². The van der Waals surface area contributed by atoms with Crippen LogP contribution in [0.25, 0.3) is 0 Å². The third-order valence-corrected chi connectivity index (χ3v) is 2.52. The molecule has 0 amide bonds. The van der Waals surface area contributed by atoms with Crippen LogP contribution in [0.2, 0.25) is 0 Å². The summed E-state index contributed by atoms with van der Waals surface area (Å²) in [5, 5.41) is 9.04. The van der Waals surface area contributed by atoms with Gasteiger partial charge in [-0.2, -0.15) is 0 Å². The van der Waals surface area contributed by atoms with E-state index >= 15 is 0 Å². The van der Waals surface area contributed by atoms with Gasteiger partial charge in [0.05, 0.1) is 6.61 Å². The van der Waals surface area contributed by atoms with Crippen molar-refractivity contribution in [1.82, 2.24) is 0 Å². The van der Waals surface area contributed by atoms with Crippen molar-refractivity contribution < 1.29 is 9.84 Å². The Bertz CT molecular complexity index is 282. The Morgan fingerprint density at radius 3 is 2.69 bits per heavy atom. The van der Waals surface area contributed by atoms with Crippen molar-refractivity contribution in [2.45, 2.75) is 13.0 Å². The van der Waals surface area contributed by atoms with E-state index in [2.05, 4.69) is 15.9 Å². The van der Waals surface area contributed by atoms with Gasteiger partial charge in [0.2, 0.25) is 0 Å². The largest absolute Gasteiger partial charge is 0.393 e. The predicted molar refractivity (Wildman–Crippen MR) is 55.7 cm³/mol. The normalized spacial score (nSPS) is 12.9. The number of aliphatic hydroxyl groups is 1. The van der Waals surface area contributed by atoms with Crippen molar-refractivity contribution in [3.05, 3.63) is 33.8 Å². The zero-order chi connectivity index (χ0) is 9.84. The standard InChI is InChI=1S/C10H13BrO2/c1-7-5-8(11)3-4-9(7)10(6-12)13-2/h3-5,10,12H,6H2,1-2H3/t10-/m0/s1. The van der Waals surface area contributed by atoms with Crippen LogP contribution < -0.4 is 0 Å². The molecule has 1 N–H and O–H groups in total. The lowest BCUT2D eigenvalue weighted by Crippen LogP contribution is -2.07. The van der Waals surface area contributed by atoms with Gasteiger partial charge < -0.3 is 9.84 Å². The minimum absolute atomic E-state index is 0.0129. The van der Waals surface area contributed by atoms with Crippen LogP contribution in [0.1, 0.15) is 17.2 Å². The highest BCUT2D eigenvalue weighted by atomic mass is 79.9. The number of halogens is 1. The van der Waals surface area contributed by atoms with E-state index in [1.165, 1.54) is 0 Å². The van der Waals surface area contributed by atoms with Crippen LogP contribution in [0.4, 0.5) is 0 Å². The zero-order valence-corrected chi connectivity index (χ0v) is 9.34. The Morgan fingerprint density at radius 1 is 1.54 bits per heavy atom. The fourth-order valence-electron chi connectivity index (χ4n) is 1.30. The first-order valence-corrected chi connectivity index (χ1v) is 4.88. The number of rotatable bonds is 3. The second-order valence-electron chi connectivity index (χ2n) is 2.91. The summed E-state index contributed by atoms with van der Waals surface area (Å²) in [6, 6.07) is 5.92. The molecule has 13 heavy (non-hydrogen) atoms. The van der Waals surface area contributed by atoms with E-state index in [0.29, 0.717) is 0 Å². The minimum Gasteiger partial charge on any atom is -0.393 e. The summed E-state index contributed by atoms with van der Waals surface area (Å²) in [6.07, 6.45) is -0.215. The Kier molecular flexibility index (Phi) is 3.90. The van der Waals surface area contributed by atoms with Gasteiger partial charge >= 0.3 is 0 Å². The van der Waals surface area contributed by atoms with Gasteiger partial charge in [0.25, 0.3) is 0 Å². The summed E-state index contributed by atoms with van der Waals surface area (Å²) >= 11 is 3.39. The van der Waals surface area contributed by atoms with Gasteiger partial charge in [-0.3, -0.25) is 0 Å². The van der Waals surface area contributed by atoms with E-state index in [-0.39, 0.29) is 12.7 Å². The molecule has 0 saturated carbocycles. The molecule has 0 spiro atoms. The first-order valence-electron chi connectivity index (χ1n) is 4.08. The summed E-state index contributed by atoms with van der Waals surface area (Å²) < 4.78 is 6.18. The number of ether oxygens (including phenoxy) is 1. The zero-order valence-electron chi connectivity index (χ0n) is 7.75. The van der Waals surface area contributed by atoms with Crippen molar-refractivity contribution in [1.29, 1.82) is 0 Å². The lowest BCUT2D eigenvalue weighted by Gasteiger charge is -2.15. The Balaban J connectivity index is 2.99. The van der Waals surface area contributed by atoms with Crippen molar-refractivity contribution in [3.8, 4) is 0 Å². The maximum absolute atomic E-state index is 9.04. The molecule has 72 valence electrons. The van der Waals surface area contributed by atoms with Crippen LogP contribution in [0.5, 0.6) is 0 Å². The van der Waals surface area contributed by atoms with Gasteiger partial charge in [-0.1, -0.05) is 22.0 Å². The molecule has 3 heteroatoms. The number of methoxy groups -OCH3 is 1. The van der Waals surface area contributed by atoms with E-state index < -0.39 is 0 Å². The molecular weight excluding hydrogens is 232 g/mol. The van der Waals surface area contributed by atoms with Gasteiger partial charge in [-0.05, 0) is 30.2 Å². The highest BCUT2D eigenvalue weighted by molar-refractivity contribution is 9.10. The molecule has 0 heterocycles. The lowest BCUT2D eigenvalue weighted by atomic mass is 10.0. The number of aliphatic hydroxyl groups excluding tert-OH is 1. The van der Waals surface area contributed by atoms with Gasteiger partial charge in [0.1, 0.15) is 6.10 Å². The summed E-state index contributed by atoms with van der Waals surface area (Å²) in [6.45, 7) is 2.01. The first kappa shape index (κ1) is 10.7. The molecule has 1 aromatic carbocycles. The van der Waals surface area contributed by atoms with E-state index in [1.807, 2.05) is 25.1 Å². The summed E-state index contributed by atoms with van der Waals surface area (Å²) in [4.78, 5) is 0. The quantitative estimate of drug-likeness (QED) is 0.886. The molecule has 0 aromatic heterocycles. The SMILES string of the molecule is CO[C@@H](CO)c1ccc(Br)cc1C. The van der Waals surface area contributed by atoms with Crippen LogP contribution in [-0.2, 0) is 4.74 Å². The van der Waals surface area contributed by atoms with Crippen LogP contribution in [0.3, 0.4) is 0 Å². The van der Waals surface area contributed by atoms with Crippen molar-refractivity contribution in [2.75, 3.05) is 13.7 Å². The minimum atomic E-state index is -0.215. The Hall–Kier alpha value is -0.380. The second kappa shape index (κ2) is 4.74. The molecule has 2 nitrogen and oxygen atoms in total. The molecule has 1 rings (SSSR count). The molecule has 0 aliphatic heterocycles. The molecule has 0 unspecified atom stereocenters. The first-order chi connectivity index (χ1) is 6.19. The average Bonchev–Trinajstić information content (AvgIpc) is 2.10.